The molecule has 3 aliphatic rings. The molecule has 18 nitrogen and oxygen atoms in total. The van der Waals surface area contributed by atoms with E-state index >= 15 is 0 Å². The number of benzene rings is 2. The van der Waals surface area contributed by atoms with Gasteiger partial charge in [-0.1, -0.05) is 76.2 Å². The monoisotopic (exact) mass is 990 g/mol. The number of carbonyl (C=O) groups is 2. The second-order valence-corrected chi connectivity index (χ2v) is 16.4. The number of nitro groups is 2. The van der Waals surface area contributed by atoms with Crippen LogP contribution in [0.5, 0.6) is 0 Å². The van der Waals surface area contributed by atoms with Gasteiger partial charge in [0.05, 0.1) is 25.3 Å². The molecule has 0 spiro atoms. The maximum atomic E-state index is 11.1. The summed E-state index contributed by atoms with van der Waals surface area (Å²) in [6.45, 7) is 11.1. The minimum atomic E-state index is -0.600. The summed E-state index contributed by atoms with van der Waals surface area (Å²) in [4.78, 5) is 51.7. The smallest absolute Gasteiger partial charge is 0.319 e. The van der Waals surface area contributed by atoms with E-state index in [2.05, 4.69) is 135 Å². The van der Waals surface area contributed by atoms with Crippen molar-refractivity contribution < 1.29 is 51.0 Å². The number of hydrogen-bond donors (Lipinski definition) is 2. The number of aliphatic hydroxyl groups is 2. The molecule has 2 aromatic carbocycles. The number of carbonyl (C=O) groups excluding carboxylic acids is 2. The largest absolute Gasteiger partial charge is 0.506 e. The summed E-state index contributed by atoms with van der Waals surface area (Å²) >= 11 is 12.6. The topological polar surface area (TPSA) is 245 Å². The molecule has 2 aliphatic carbocycles. The Hall–Kier alpha value is -6.36. The molecule has 335 valence electrons. The molecule has 4 aromatic rings. The predicted octanol–water partition coefficient (Wildman–Crippen LogP) is 7.28. The zero-order valence-electron chi connectivity index (χ0n) is 34.4. The SMILES string of the molecule is CCN(CC)c1ccc(/C=C/C2=[N+](C)c3ccccc3C2(C)C)cc1.O=C1C=C(O)C(=NN=c2[n-]cc([N+](=O)[O-])s2)C=C1Cl.O=C1C=C(O)C(=NN=c2[n-]cc([N+](=O)[O-])s2)C=C1Cl.[Co]. The van der Waals surface area contributed by atoms with Gasteiger partial charge in [0, 0.05) is 87.4 Å². The molecule has 2 N–H and O–H groups in total. The average molecular weight is 992 g/mol. The van der Waals surface area contributed by atoms with Gasteiger partial charge < -0.3 is 35.3 Å². The van der Waals surface area contributed by atoms with E-state index in [1.54, 1.807) is 0 Å². The Morgan fingerprint density at radius 2 is 1.23 bits per heavy atom. The molecular formula is C41H37Cl2CoN10O8S2-. The van der Waals surface area contributed by atoms with Crippen LogP contribution >= 0.6 is 45.9 Å². The van der Waals surface area contributed by atoms with Crippen LogP contribution in [0.15, 0.2) is 133 Å². The number of thiazole rings is 2. The van der Waals surface area contributed by atoms with Gasteiger partial charge >= 0.3 is 10.0 Å². The van der Waals surface area contributed by atoms with Gasteiger partial charge in [-0.2, -0.15) is 4.58 Å². The molecule has 0 bridgehead atoms. The normalized spacial score (nSPS) is 17.1. The second-order valence-electron chi connectivity index (χ2n) is 13.6. The first kappa shape index (κ1) is 50.3. The molecule has 0 fully saturated rings. The number of fused-ring (bicyclic) bond motifs is 1. The fourth-order valence-electron chi connectivity index (χ4n) is 6.05. The summed E-state index contributed by atoms with van der Waals surface area (Å²) in [6, 6.07) is 17.5. The van der Waals surface area contributed by atoms with E-state index < -0.39 is 21.4 Å². The minimum Gasteiger partial charge on any atom is -0.506 e. The van der Waals surface area contributed by atoms with Crippen molar-refractivity contribution in [2.45, 2.75) is 33.1 Å². The molecule has 0 atom stereocenters. The predicted molar refractivity (Wildman–Crippen MR) is 243 cm³/mol. The Morgan fingerprint density at radius 3 is 1.66 bits per heavy atom. The molecule has 0 unspecified atom stereocenters. The van der Waals surface area contributed by atoms with Gasteiger partial charge in [-0.05, 0) is 63.6 Å². The molecule has 2 aromatic heterocycles. The van der Waals surface area contributed by atoms with Crippen LogP contribution in [-0.4, -0.2) is 73.5 Å². The molecule has 0 amide bonds. The van der Waals surface area contributed by atoms with Crippen molar-refractivity contribution in [3.8, 4) is 0 Å². The van der Waals surface area contributed by atoms with Gasteiger partial charge in [0.15, 0.2) is 5.71 Å². The standard InChI is InChI=1S/C23H29N2.2C9H5ClN4O4S.Co/c1-6-25(7-2)19-15-12-18(13-16-19)14-17-22-23(3,4)20-10-8-9-11-21(20)24(22)5;2*10-4-1-5(7(16)2-6(4)15)12-13-9-11-3-8(19-9)14(17)18;/h8-17H,6-7H2,1-5H3;2*1-3H,(H2,11,13,15,16);/q+1;;;/p-2. The maximum absolute atomic E-state index is 11.1. The first-order chi connectivity index (χ1) is 29.9. The molecule has 3 heterocycles. The van der Waals surface area contributed by atoms with Gasteiger partial charge in [-0.15, -0.1) is 0 Å². The Labute approximate surface area is 393 Å². The summed E-state index contributed by atoms with van der Waals surface area (Å²) in [7, 11) is 2.16. The summed E-state index contributed by atoms with van der Waals surface area (Å²) in [5, 5.41) is 53.7. The number of anilines is 1. The summed E-state index contributed by atoms with van der Waals surface area (Å²) in [5.74, 6) is -1.85. The van der Waals surface area contributed by atoms with Crippen LogP contribution in [0.1, 0.15) is 38.8 Å². The number of halogens is 2. The molecule has 64 heavy (non-hydrogen) atoms. The van der Waals surface area contributed by atoms with E-state index in [0.29, 0.717) is 0 Å². The number of allylic oxidation sites excluding steroid dienone is 7. The molecule has 0 saturated carbocycles. The van der Waals surface area contributed by atoms with Crippen LogP contribution in [0.3, 0.4) is 0 Å². The molecule has 23 heteroatoms. The fraction of sp³-hybridized carbons (Fsp3) is 0.195. The molecule has 1 radical (unpaired) electrons. The van der Waals surface area contributed by atoms with Crippen LogP contribution in [0, 0.1) is 20.2 Å². The van der Waals surface area contributed by atoms with Crippen LogP contribution in [-0.2, 0) is 31.8 Å². The van der Waals surface area contributed by atoms with Crippen molar-refractivity contribution in [1.29, 1.82) is 0 Å². The van der Waals surface area contributed by atoms with Gasteiger partial charge in [0.1, 0.15) is 30.0 Å². The Balaban J connectivity index is 0.000000212. The van der Waals surface area contributed by atoms with Gasteiger partial charge in [0.2, 0.25) is 17.3 Å². The van der Waals surface area contributed by atoms with Gasteiger partial charge in [0.25, 0.3) is 0 Å². The van der Waals surface area contributed by atoms with Crippen LogP contribution in [0.25, 0.3) is 6.08 Å². The Morgan fingerprint density at radius 1 is 0.766 bits per heavy atom. The zero-order chi connectivity index (χ0) is 46.0. The third-order valence-corrected chi connectivity index (χ3v) is 11.5. The third kappa shape index (κ3) is 12.4. The summed E-state index contributed by atoms with van der Waals surface area (Å²) in [5.41, 5.74) is 6.55. The quantitative estimate of drug-likeness (QED) is 0.0730. The number of hydrogen-bond acceptors (Lipinski definition) is 15. The number of aromatic nitrogens is 2. The Kier molecular flexibility index (Phi) is 17.5. The van der Waals surface area contributed by atoms with E-state index in [4.69, 9.17) is 23.2 Å². The van der Waals surface area contributed by atoms with Gasteiger partial charge in [-0.3, -0.25) is 40.0 Å². The van der Waals surface area contributed by atoms with Crippen molar-refractivity contribution in [3.63, 3.8) is 0 Å². The summed E-state index contributed by atoms with van der Waals surface area (Å²) < 4.78 is 2.32. The van der Waals surface area contributed by atoms with Crippen LogP contribution in [0.2, 0.25) is 0 Å². The maximum Gasteiger partial charge on any atom is 0.319 e. The number of para-hydroxylation sites is 1. The van der Waals surface area contributed by atoms with E-state index in [9.17, 15) is 40.0 Å². The van der Waals surface area contributed by atoms with E-state index in [1.807, 2.05) is 0 Å². The van der Waals surface area contributed by atoms with Crippen molar-refractivity contribution in [2.75, 3.05) is 25.0 Å². The number of aliphatic hydroxyl groups excluding tert-OH is 2. The number of rotatable bonds is 9. The molecule has 1 aliphatic heterocycles. The number of nitrogens with zero attached hydrogens (tertiary/aromatic N) is 10. The Bertz CT molecular complexity index is 2740. The zero-order valence-corrected chi connectivity index (χ0v) is 38.6. The molecule has 0 saturated heterocycles. The van der Waals surface area contributed by atoms with E-state index in [0.717, 1.165) is 72.5 Å². The second kappa shape index (κ2) is 22.3. The van der Waals surface area contributed by atoms with Crippen LogP contribution in [0.4, 0.5) is 21.4 Å². The molecule has 7 rings (SSSR count). The van der Waals surface area contributed by atoms with E-state index in [1.165, 1.54) is 28.2 Å². The van der Waals surface area contributed by atoms with Crippen LogP contribution < -0.4 is 24.5 Å². The van der Waals surface area contributed by atoms with E-state index in [-0.39, 0.29) is 74.8 Å². The third-order valence-electron chi connectivity index (χ3n) is 9.26. The van der Waals surface area contributed by atoms with Gasteiger partial charge in [-0.25, -0.2) is 0 Å². The van der Waals surface area contributed by atoms with Crippen molar-refractivity contribution in [2.24, 2.45) is 20.4 Å². The minimum absolute atomic E-state index is 0. The molecular weight excluding hydrogens is 954 g/mol. The average Bonchev–Trinajstić information content (AvgIpc) is 3.99. The summed E-state index contributed by atoms with van der Waals surface area (Å²) in [6.07, 6.45) is 10.7. The van der Waals surface area contributed by atoms with Crippen molar-refractivity contribution in [3.05, 3.63) is 154 Å². The number of ketones is 2. The fourth-order valence-corrected chi connectivity index (χ4v) is 7.48. The first-order valence-corrected chi connectivity index (χ1v) is 21.0. The van der Waals surface area contributed by atoms with Crippen molar-refractivity contribution >= 4 is 102 Å². The first-order valence-electron chi connectivity index (χ1n) is 18.6. The van der Waals surface area contributed by atoms with Crippen molar-refractivity contribution in [1.82, 2.24) is 9.97 Å².